The third kappa shape index (κ3) is 2.87. The van der Waals surface area contributed by atoms with E-state index < -0.39 is 0 Å². The second-order valence-corrected chi connectivity index (χ2v) is 9.00. The van der Waals surface area contributed by atoms with E-state index in [2.05, 4.69) is 68.7 Å². The van der Waals surface area contributed by atoms with E-state index in [0.29, 0.717) is 0 Å². The van der Waals surface area contributed by atoms with Crippen molar-refractivity contribution in [3.8, 4) is 11.1 Å². The van der Waals surface area contributed by atoms with Crippen molar-refractivity contribution in [3.05, 3.63) is 44.5 Å². The van der Waals surface area contributed by atoms with Crippen LogP contribution in [0.2, 0.25) is 0 Å². The average molecular weight is 358 g/mol. The first kappa shape index (κ1) is 19.6. The van der Waals surface area contributed by atoms with Crippen LogP contribution >= 0.6 is 17.2 Å². The molecule has 2 unspecified atom stereocenters. The van der Waals surface area contributed by atoms with E-state index in [1.807, 2.05) is 0 Å². The van der Waals surface area contributed by atoms with Crippen LogP contribution in [-0.4, -0.2) is 13.3 Å². The van der Waals surface area contributed by atoms with Crippen LogP contribution in [0.25, 0.3) is 11.1 Å². The fourth-order valence-corrected chi connectivity index (χ4v) is 6.12. The zero-order valence-electron chi connectivity index (χ0n) is 17.0. The van der Waals surface area contributed by atoms with Gasteiger partial charge in [0.1, 0.15) is 0 Å². The lowest BCUT2D eigenvalue weighted by atomic mass is 9.85. The Morgan fingerprint density at radius 3 is 0.875 bits per heavy atom. The molecule has 0 aromatic heterocycles. The molecule has 2 aromatic rings. The summed E-state index contributed by atoms with van der Waals surface area (Å²) in [6.07, 6.45) is 0. The molecule has 0 heterocycles. The van der Waals surface area contributed by atoms with Crippen molar-refractivity contribution in [3.63, 3.8) is 0 Å². The second-order valence-electron chi connectivity index (χ2n) is 7.00. The van der Waals surface area contributed by atoms with Crippen molar-refractivity contribution >= 4 is 27.8 Å². The number of hydrogen-bond acceptors (Lipinski definition) is 0. The molecule has 0 saturated carbocycles. The van der Waals surface area contributed by atoms with Crippen LogP contribution in [0.3, 0.4) is 0 Å². The van der Waals surface area contributed by atoms with E-state index >= 15 is 0 Å². The van der Waals surface area contributed by atoms with E-state index in [1.165, 1.54) is 55.6 Å². The molecule has 2 heteroatoms. The van der Waals surface area contributed by atoms with Gasteiger partial charge in [0.05, 0.1) is 0 Å². The maximum absolute atomic E-state index is 2.33. The fraction of sp³-hybridized carbons (Fsp3) is 0.455. The summed E-state index contributed by atoms with van der Waals surface area (Å²) in [4.78, 5) is 0. The van der Waals surface area contributed by atoms with Crippen molar-refractivity contribution < 1.29 is 0 Å². The predicted molar refractivity (Wildman–Crippen MR) is 118 cm³/mol. The van der Waals surface area contributed by atoms with Gasteiger partial charge in [-0.3, -0.25) is 0 Å². The van der Waals surface area contributed by atoms with Gasteiger partial charge in [0.15, 0.2) is 0 Å². The molecule has 0 amide bonds. The molecule has 0 saturated heterocycles. The number of rotatable bonds is 3. The predicted octanol–water partition coefficient (Wildman–Crippen LogP) is 5.69. The summed E-state index contributed by atoms with van der Waals surface area (Å²) in [6.45, 7) is 23.1. The van der Waals surface area contributed by atoms with Gasteiger partial charge in [0.2, 0.25) is 0 Å². The molecule has 0 bridgehead atoms. The lowest BCUT2D eigenvalue weighted by Gasteiger charge is -2.26. The maximum Gasteiger partial charge on any atom is -0.00658 e. The zero-order valence-corrected chi connectivity index (χ0v) is 19.0. The number of benzene rings is 2. The minimum Gasteiger partial charge on any atom is -0.0926 e. The fourth-order valence-electron chi connectivity index (χ4n) is 3.88. The van der Waals surface area contributed by atoms with Gasteiger partial charge in [-0.2, -0.15) is 0 Å². The third-order valence-electron chi connectivity index (χ3n) is 6.12. The Balaban J connectivity index is 3.09. The van der Waals surface area contributed by atoms with Crippen molar-refractivity contribution in [1.82, 2.24) is 0 Å². The van der Waals surface area contributed by atoms with Gasteiger partial charge in [0.25, 0.3) is 0 Å². The highest BCUT2D eigenvalue weighted by Gasteiger charge is 2.22. The van der Waals surface area contributed by atoms with Crippen LogP contribution in [0.15, 0.2) is 0 Å². The molecule has 2 rings (SSSR count). The highest BCUT2D eigenvalue weighted by Crippen LogP contribution is 2.37. The van der Waals surface area contributed by atoms with E-state index in [0.717, 1.165) is 17.2 Å². The van der Waals surface area contributed by atoms with Gasteiger partial charge >= 0.3 is 0 Å². The highest BCUT2D eigenvalue weighted by molar-refractivity contribution is 7.47. The number of hydrogen-bond donors (Lipinski definition) is 0. The maximum atomic E-state index is 2.33. The first-order valence-electron chi connectivity index (χ1n) is 8.75. The van der Waals surface area contributed by atoms with Gasteiger partial charge < -0.3 is 0 Å². The summed E-state index contributed by atoms with van der Waals surface area (Å²) in [5, 5.41) is 3.14. The van der Waals surface area contributed by atoms with Gasteiger partial charge in [-0.1, -0.05) is 17.2 Å². The van der Waals surface area contributed by atoms with Crippen LogP contribution in [0.5, 0.6) is 0 Å². The molecule has 0 aliphatic heterocycles. The molecule has 130 valence electrons. The van der Waals surface area contributed by atoms with Crippen LogP contribution in [-0.2, 0) is 0 Å². The standard InChI is InChI=1S/C22H32P2/c1-11-13(3)17(7)21(23-9)19(15(11)5)20-16(6)12(2)14(4)18(8)22(20)24-10/h23-24H,1-10H3. The van der Waals surface area contributed by atoms with Gasteiger partial charge in [-0.25, -0.2) is 0 Å². The first-order valence-corrected chi connectivity index (χ1v) is 11.8. The Bertz CT molecular complexity index is 745. The zero-order chi connectivity index (χ0) is 18.3. The highest BCUT2D eigenvalue weighted by atomic mass is 31.1. The van der Waals surface area contributed by atoms with Crippen LogP contribution in [0, 0.1) is 55.4 Å². The van der Waals surface area contributed by atoms with Gasteiger partial charge in [0, 0.05) is 0 Å². The average Bonchev–Trinajstić information content (AvgIpc) is 2.57. The van der Waals surface area contributed by atoms with Crippen molar-refractivity contribution in [1.29, 1.82) is 0 Å². The molecule has 0 N–H and O–H groups in total. The Morgan fingerprint density at radius 2 is 0.625 bits per heavy atom. The topological polar surface area (TPSA) is 0 Å². The molecule has 24 heavy (non-hydrogen) atoms. The van der Waals surface area contributed by atoms with E-state index in [9.17, 15) is 0 Å². The molecule has 0 nitrogen and oxygen atoms in total. The minimum atomic E-state index is 0.830. The lowest BCUT2D eigenvalue weighted by Crippen LogP contribution is -2.18. The molecule has 0 aliphatic rings. The molecule has 0 spiro atoms. The smallest absolute Gasteiger partial charge is 0.00658 e. The van der Waals surface area contributed by atoms with E-state index in [1.54, 1.807) is 10.6 Å². The molecule has 2 atom stereocenters. The quantitative estimate of drug-likeness (QED) is 0.619. The molecule has 0 aliphatic carbocycles. The van der Waals surface area contributed by atoms with Gasteiger partial charge in [-0.15, -0.1) is 0 Å². The summed E-state index contributed by atoms with van der Waals surface area (Å²) in [6, 6.07) is 0. The largest absolute Gasteiger partial charge is 0.0926 e. The molecule has 2 aromatic carbocycles. The third-order valence-corrected chi connectivity index (χ3v) is 8.38. The Morgan fingerprint density at radius 1 is 0.375 bits per heavy atom. The second kappa shape index (κ2) is 7.27. The monoisotopic (exact) mass is 358 g/mol. The molecule has 0 radical (unpaired) electrons. The Labute approximate surface area is 152 Å². The van der Waals surface area contributed by atoms with Gasteiger partial charge in [-0.05, 0) is 135 Å². The molecular formula is C22H32P2. The molecular weight excluding hydrogens is 326 g/mol. The summed E-state index contributed by atoms with van der Waals surface area (Å²) in [7, 11) is 1.66. The van der Waals surface area contributed by atoms with Crippen LogP contribution in [0.4, 0.5) is 0 Å². The minimum absolute atomic E-state index is 0.830. The van der Waals surface area contributed by atoms with Crippen molar-refractivity contribution in [2.45, 2.75) is 55.4 Å². The summed E-state index contributed by atoms with van der Waals surface area (Å²) < 4.78 is 0. The van der Waals surface area contributed by atoms with Crippen molar-refractivity contribution in [2.75, 3.05) is 13.3 Å². The van der Waals surface area contributed by atoms with Crippen molar-refractivity contribution in [2.24, 2.45) is 0 Å². The molecule has 0 fully saturated rings. The SMILES string of the molecule is CPc1c(C)c(C)c(C)c(C)c1-c1c(C)c(C)c(C)c(C)c1PC. The first-order chi connectivity index (χ1) is 11.2. The summed E-state index contributed by atoms with van der Waals surface area (Å²) in [5.74, 6) is 0. The van der Waals surface area contributed by atoms with E-state index in [4.69, 9.17) is 0 Å². The lowest BCUT2D eigenvalue weighted by molar-refractivity contribution is 1.21. The van der Waals surface area contributed by atoms with E-state index in [-0.39, 0.29) is 0 Å². The van der Waals surface area contributed by atoms with Crippen LogP contribution < -0.4 is 10.6 Å². The summed E-state index contributed by atoms with van der Waals surface area (Å²) in [5.41, 5.74) is 14.9. The normalized spacial score (nSPS) is 12.2. The Kier molecular flexibility index (Phi) is 5.95. The Hall–Kier alpha value is -0.700. The summed E-state index contributed by atoms with van der Waals surface area (Å²) >= 11 is 0. The van der Waals surface area contributed by atoms with Crippen LogP contribution in [0.1, 0.15) is 44.5 Å².